The molecule has 0 saturated heterocycles. The zero-order chi connectivity index (χ0) is 15.2. The van der Waals surface area contributed by atoms with Gasteiger partial charge < -0.3 is 5.32 Å². The number of alkyl halides is 1. The summed E-state index contributed by atoms with van der Waals surface area (Å²) >= 11 is 12.2. The van der Waals surface area contributed by atoms with Gasteiger partial charge in [-0.15, -0.1) is 11.6 Å². The van der Waals surface area contributed by atoms with Gasteiger partial charge in [0.1, 0.15) is 5.38 Å². The van der Waals surface area contributed by atoms with Crippen molar-refractivity contribution in [3.63, 3.8) is 0 Å². The van der Waals surface area contributed by atoms with E-state index in [1.54, 1.807) is 0 Å². The van der Waals surface area contributed by atoms with Gasteiger partial charge in [0.25, 0.3) is 0 Å². The normalized spacial score (nSPS) is 13.5. The first-order chi connectivity index (χ1) is 10.1. The molecule has 2 nitrogen and oxygen atoms in total. The van der Waals surface area contributed by atoms with Gasteiger partial charge in [0.15, 0.2) is 0 Å². The van der Waals surface area contributed by atoms with Crippen LogP contribution in [0.3, 0.4) is 0 Å². The molecule has 0 aliphatic rings. The van der Waals surface area contributed by atoms with Crippen molar-refractivity contribution in [1.82, 2.24) is 5.32 Å². The molecular formula is C17H17Cl2NO. The second-order valence-electron chi connectivity index (χ2n) is 4.80. The molecule has 0 radical (unpaired) electrons. The van der Waals surface area contributed by atoms with Crippen LogP contribution in [0.4, 0.5) is 0 Å². The molecule has 2 unspecified atom stereocenters. The molecule has 0 aliphatic heterocycles. The van der Waals surface area contributed by atoms with Gasteiger partial charge in [-0.05, 0) is 29.7 Å². The van der Waals surface area contributed by atoms with Crippen molar-refractivity contribution in [3.05, 3.63) is 70.7 Å². The van der Waals surface area contributed by atoms with Crippen molar-refractivity contribution < 1.29 is 4.79 Å². The largest absolute Gasteiger partial charge is 0.348 e. The fourth-order valence-corrected chi connectivity index (χ4v) is 2.57. The highest BCUT2D eigenvalue weighted by molar-refractivity contribution is 6.31. The van der Waals surface area contributed by atoms with E-state index < -0.39 is 5.38 Å². The molecule has 2 rings (SSSR count). The Bertz CT molecular complexity index is 601. The van der Waals surface area contributed by atoms with Crippen molar-refractivity contribution in [2.45, 2.75) is 24.8 Å². The smallest absolute Gasteiger partial charge is 0.243 e. The van der Waals surface area contributed by atoms with Crippen LogP contribution in [0.15, 0.2) is 54.6 Å². The fourth-order valence-electron chi connectivity index (χ4n) is 2.16. The molecule has 0 heterocycles. The summed E-state index contributed by atoms with van der Waals surface area (Å²) in [6.07, 6.45) is 0.768. The maximum atomic E-state index is 12.3. The lowest BCUT2D eigenvalue weighted by atomic mass is 10.0. The number of nitrogens with one attached hydrogen (secondary N) is 1. The molecule has 4 heteroatoms. The second-order valence-corrected chi connectivity index (χ2v) is 5.67. The average Bonchev–Trinajstić information content (AvgIpc) is 2.52. The highest BCUT2D eigenvalue weighted by Crippen LogP contribution is 2.24. The maximum Gasteiger partial charge on any atom is 0.243 e. The van der Waals surface area contributed by atoms with Gasteiger partial charge in [-0.1, -0.05) is 61.0 Å². The van der Waals surface area contributed by atoms with Gasteiger partial charge in [-0.25, -0.2) is 0 Å². The third kappa shape index (κ3) is 4.23. The maximum absolute atomic E-state index is 12.3. The molecule has 2 aromatic rings. The van der Waals surface area contributed by atoms with Gasteiger partial charge in [0.05, 0.1) is 6.04 Å². The molecule has 110 valence electrons. The van der Waals surface area contributed by atoms with Crippen LogP contribution in [-0.4, -0.2) is 5.91 Å². The Balaban J connectivity index is 2.10. The van der Waals surface area contributed by atoms with E-state index in [1.807, 2.05) is 61.5 Å². The number of benzene rings is 2. The lowest BCUT2D eigenvalue weighted by molar-refractivity contribution is -0.121. The molecule has 21 heavy (non-hydrogen) atoms. The van der Waals surface area contributed by atoms with Gasteiger partial charge in [0, 0.05) is 5.02 Å². The van der Waals surface area contributed by atoms with Crippen molar-refractivity contribution in [1.29, 1.82) is 0 Å². The number of amides is 1. The molecule has 0 aliphatic carbocycles. The van der Waals surface area contributed by atoms with Crippen LogP contribution < -0.4 is 5.32 Å². The molecule has 0 aromatic heterocycles. The van der Waals surface area contributed by atoms with E-state index in [2.05, 4.69) is 5.32 Å². The molecule has 2 aromatic carbocycles. The third-order valence-corrected chi connectivity index (χ3v) is 3.98. The number of hydrogen-bond donors (Lipinski definition) is 1. The molecule has 1 N–H and O–H groups in total. The van der Waals surface area contributed by atoms with E-state index in [-0.39, 0.29) is 11.9 Å². The molecule has 0 bridgehead atoms. The molecule has 0 saturated carbocycles. The van der Waals surface area contributed by atoms with Gasteiger partial charge in [-0.2, -0.15) is 0 Å². The van der Waals surface area contributed by atoms with E-state index in [9.17, 15) is 4.79 Å². The minimum absolute atomic E-state index is 0.0961. The van der Waals surface area contributed by atoms with Crippen molar-refractivity contribution >= 4 is 29.1 Å². The van der Waals surface area contributed by atoms with Gasteiger partial charge in [0.2, 0.25) is 5.91 Å². The van der Waals surface area contributed by atoms with Crippen LogP contribution in [0.1, 0.15) is 35.9 Å². The first-order valence-electron chi connectivity index (χ1n) is 6.86. The standard InChI is InChI=1S/C17H17Cl2NO/c1-2-15(13-9-6-10-14(18)11-13)20-17(21)16(19)12-7-4-3-5-8-12/h3-11,15-16H,2H2,1H3,(H,20,21). The Hall–Kier alpha value is -1.51. The summed E-state index contributed by atoms with van der Waals surface area (Å²) in [6, 6.07) is 16.7. The summed E-state index contributed by atoms with van der Waals surface area (Å²) in [5.74, 6) is -0.199. The van der Waals surface area contributed by atoms with Crippen LogP contribution in [0.5, 0.6) is 0 Å². The summed E-state index contributed by atoms with van der Waals surface area (Å²) in [5, 5.41) is 2.94. The SMILES string of the molecule is CCC(NC(=O)C(Cl)c1ccccc1)c1cccc(Cl)c1. The first-order valence-corrected chi connectivity index (χ1v) is 7.68. The van der Waals surface area contributed by atoms with Crippen molar-refractivity contribution in [2.75, 3.05) is 0 Å². The van der Waals surface area contributed by atoms with Crippen LogP contribution in [-0.2, 0) is 4.79 Å². The van der Waals surface area contributed by atoms with E-state index in [0.29, 0.717) is 5.02 Å². The lowest BCUT2D eigenvalue weighted by Crippen LogP contribution is -2.30. The summed E-state index contributed by atoms with van der Waals surface area (Å²) in [6.45, 7) is 2.01. The zero-order valence-corrected chi connectivity index (χ0v) is 13.2. The fraction of sp³-hybridized carbons (Fsp3) is 0.235. The summed E-state index contributed by atoms with van der Waals surface area (Å²) in [7, 11) is 0. The number of halogens is 2. The predicted molar refractivity (Wildman–Crippen MR) is 87.7 cm³/mol. The Labute approximate surface area is 135 Å². The monoisotopic (exact) mass is 321 g/mol. The van der Waals surface area contributed by atoms with E-state index in [0.717, 1.165) is 17.5 Å². The van der Waals surface area contributed by atoms with Crippen molar-refractivity contribution in [3.8, 4) is 0 Å². The molecule has 0 fully saturated rings. The van der Waals surface area contributed by atoms with Gasteiger partial charge >= 0.3 is 0 Å². The minimum atomic E-state index is -0.695. The predicted octanol–water partition coefficient (Wildman–Crippen LogP) is 4.89. The average molecular weight is 322 g/mol. The number of rotatable bonds is 5. The first kappa shape index (κ1) is 15.9. The molecule has 1 amide bonds. The quantitative estimate of drug-likeness (QED) is 0.781. The van der Waals surface area contributed by atoms with E-state index >= 15 is 0 Å². The summed E-state index contributed by atoms with van der Waals surface area (Å²) in [4.78, 5) is 12.3. The number of carbonyl (C=O) groups excluding carboxylic acids is 1. The lowest BCUT2D eigenvalue weighted by Gasteiger charge is -2.20. The third-order valence-electron chi connectivity index (χ3n) is 3.30. The number of hydrogen-bond acceptors (Lipinski definition) is 1. The van der Waals surface area contributed by atoms with Crippen LogP contribution in [0.25, 0.3) is 0 Å². The molecule has 2 atom stereocenters. The Morgan fingerprint density at radius 2 is 1.76 bits per heavy atom. The summed E-state index contributed by atoms with van der Waals surface area (Å²) < 4.78 is 0. The second kappa shape index (κ2) is 7.48. The minimum Gasteiger partial charge on any atom is -0.348 e. The molecular weight excluding hydrogens is 305 g/mol. The van der Waals surface area contributed by atoms with Crippen LogP contribution in [0, 0.1) is 0 Å². The highest BCUT2D eigenvalue weighted by Gasteiger charge is 2.21. The summed E-state index contributed by atoms with van der Waals surface area (Å²) in [5.41, 5.74) is 1.77. The van der Waals surface area contributed by atoms with Crippen LogP contribution in [0.2, 0.25) is 5.02 Å². The highest BCUT2D eigenvalue weighted by atomic mass is 35.5. The van der Waals surface area contributed by atoms with E-state index in [4.69, 9.17) is 23.2 Å². The van der Waals surface area contributed by atoms with Crippen LogP contribution >= 0.6 is 23.2 Å². The Morgan fingerprint density at radius 1 is 1.10 bits per heavy atom. The topological polar surface area (TPSA) is 29.1 Å². The van der Waals surface area contributed by atoms with Gasteiger partial charge in [-0.3, -0.25) is 4.79 Å². The number of carbonyl (C=O) groups is 1. The Morgan fingerprint density at radius 3 is 2.38 bits per heavy atom. The van der Waals surface area contributed by atoms with Crippen molar-refractivity contribution in [2.24, 2.45) is 0 Å². The molecule has 0 spiro atoms. The Kier molecular flexibility index (Phi) is 5.66. The van der Waals surface area contributed by atoms with E-state index in [1.165, 1.54) is 0 Å². The zero-order valence-electron chi connectivity index (χ0n) is 11.7.